The molecule has 1 aromatic heterocycles. The Morgan fingerprint density at radius 1 is 1.43 bits per heavy atom. The van der Waals surface area contributed by atoms with E-state index in [-0.39, 0.29) is 11.8 Å². The fourth-order valence-corrected chi connectivity index (χ4v) is 3.96. The second-order valence-corrected chi connectivity index (χ2v) is 7.20. The van der Waals surface area contributed by atoms with Gasteiger partial charge in [0.2, 0.25) is 5.91 Å². The molecule has 2 aliphatic rings. The third-order valence-corrected chi connectivity index (χ3v) is 5.45. The number of carbonyl (C=O) groups is 2. The molecule has 0 aromatic carbocycles. The van der Waals surface area contributed by atoms with Gasteiger partial charge in [0.15, 0.2) is 0 Å². The van der Waals surface area contributed by atoms with Gasteiger partial charge in [-0.15, -0.1) is 11.8 Å². The van der Waals surface area contributed by atoms with Crippen LogP contribution in [0.5, 0.6) is 0 Å². The maximum absolute atomic E-state index is 11.4. The van der Waals surface area contributed by atoms with E-state index in [4.69, 9.17) is 5.11 Å². The van der Waals surface area contributed by atoms with Crippen molar-refractivity contribution >= 4 is 29.5 Å². The van der Waals surface area contributed by atoms with E-state index in [0.29, 0.717) is 24.0 Å². The van der Waals surface area contributed by atoms with Crippen LogP contribution < -0.4 is 10.6 Å². The van der Waals surface area contributed by atoms with Crippen LogP contribution in [0.1, 0.15) is 31.4 Å². The summed E-state index contributed by atoms with van der Waals surface area (Å²) in [5.74, 6) is 0.636. The number of pyridine rings is 1. The van der Waals surface area contributed by atoms with Crippen LogP contribution in [0, 0.1) is 11.8 Å². The number of hydrogen-bond donors (Lipinski definition) is 3. The van der Waals surface area contributed by atoms with Crippen molar-refractivity contribution in [1.29, 1.82) is 0 Å². The number of amides is 1. The second kappa shape index (κ2) is 7.31. The Labute approximate surface area is 139 Å². The van der Waals surface area contributed by atoms with E-state index in [9.17, 15) is 9.59 Å². The molecule has 23 heavy (non-hydrogen) atoms. The van der Waals surface area contributed by atoms with Crippen molar-refractivity contribution in [3.63, 3.8) is 0 Å². The lowest BCUT2D eigenvalue weighted by atomic mass is 9.81. The Hall–Kier alpha value is -1.60. The lowest BCUT2D eigenvalue weighted by molar-refractivity contribution is -0.143. The normalized spacial score (nSPS) is 23.9. The van der Waals surface area contributed by atoms with Crippen molar-refractivity contribution in [2.45, 2.75) is 37.1 Å². The second-order valence-electron chi connectivity index (χ2n) is 6.18. The lowest BCUT2D eigenvalue weighted by Crippen LogP contribution is -2.30. The lowest BCUT2D eigenvalue weighted by Gasteiger charge is -2.26. The fraction of sp³-hybridized carbons (Fsp3) is 0.562. The molecule has 7 heteroatoms. The van der Waals surface area contributed by atoms with Gasteiger partial charge in [-0.05, 0) is 43.9 Å². The highest BCUT2D eigenvalue weighted by Crippen LogP contribution is 2.30. The summed E-state index contributed by atoms with van der Waals surface area (Å²) in [7, 11) is 0. The SMILES string of the molecule is O=C1CSc2ccc(CNCC3CCCC(C(=O)O)C3)nc2N1. The number of aromatic nitrogens is 1. The molecule has 0 radical (unpaired) electrons. The molecule has 3 N–H and O–H groups in total. The summed E-state index contributed by atoms with van der Waals surface area (Å²) in [6.07, 6.45) is 3.63. The van der Waals surface area contributed by atoms with Gasteiger partial charge < -0.3 is 15.7 Å². The molecule has 1 saturated carbocycles. The molecule has 1 aliphatic heterocycles. The molecule has 3 rings (SSSR count). The Morgan fingerprint density at radius 3 is 3.13 bits per heavy atom. The Morgan fingerprint density at radius 2 is 2.30 bits per heavy atom. The molecule has 0 bridgehead atoms. The smallest absolute Gasteiger partial charge is 0.306 e. The summed E-state index contributed by atoms with van der Waals surface area (Å²) in [5, 5.41) is 15.3. The predicted octanol–water partition coefficient (Wildman–Crippen LogP) is 2.11. The topological polar surface area (TPSA) is 91.3 Å². The number of hydrogen-bond acceptors (Lipinski definition) is 5. The highest BCUT2D eigenvalue weighted by atomic mass is 32.2. The van der Waals surface area contributed by atoms with Crippen LogP contribution in [0.2, 0.25) is 0 Å². The summed E-state index contributed by atoms with van der Waals surface area (Å²) in [6, 6.07) is 3.96. The summed E-state index contributed by atoms with van der Waals surface area (Å²) < 4.78 is 0. The molecule has 2 heterocycles. The summed E-state index contributed by atoms with van der Waals surface area (Å²) in [6.45, 7) is 1.44. The van der Waals surface area contributed by atoms with E-state index in [0.717, 1.165) is 42.8 Å². The quantitative estimate of drug-likeness (QED) is 0.763. The van der Waals surface area contributed by atoms with Crippen LogP contribution in [-0.2, 0) is 16.1 Å². The van der Waals surface area contributed by atoms with Crippen LogP contribution >= 0.6 is 11.8 Å². The number of fused-ring (bicyclic) bond motifs is 1. The minimum atomic E-state index is -0.667. The summed E-state index contributed by atoms with van der Waals surface area (Å²) >= 11 is 1.50. The van der Waals surface area contributed by atoms with Gasteiger partial charge in [0.25, 0.3) is 0 Å². The molecule has 0 saturated heterocycles. The van der Waals surface area contributed by atoms with Crippen LogP contribution in [0.3, 0.4) is 0 Å². The third-order valence-electron chi connectivity index (χ3n) is 4.40. The Bertz CT molecular complexity index is 608. The molecule has 1 aromatic rings. The first-order valence-electron chi connectivity index (χ1n) is 7.98. The van der Waals surface area contributed by atoms with Gasteiger partial charge in [-0.2, -0.15) is 0 Å². The van der Waals surface area contributed by atoms with Crippen molar-refractivity contribution in [2.24, 2.45) is 11.8 Å². The van der Waals surface area contributed by atoms with E-state index in [2.05, 4.69) is 15.6 Å². The van der Waals surface area contributed by atoms with Crippen molar-refractivity contribution in [3.8, 4) is 0 Å². The van der Waals surface area contributed by atoms with E-state index >= 15 is 0 Å². The fourth-order valence-electron chi connectivity index (χ4n) is 3.21. The van der Waals surface area contributed by atoms with Gasteiger partial charge in [0, 0.05) is 6.54 Å². The highest BCUT2D eigenvalue weighted by Gasteiger charge is 2.26. The predicted molar refractivity (Wildman–Crippen MR) is 88.4 cm³/mol. The molecule has 0 spiro atoms. The molecule has 2 atom stereocenters. The number of aliphatic carboxylic acids is 1. The average Bonchev–Trinajstić information content (AvgIpc) is 2.54. The Kier molecular flexibility index (Phi) is 5.17. The van der Waals surface area contributed by atoms with Crippen LogP contribution in [0.25, 0.3) is 0 Å². The van der Waals surface area contributed by atoms with Crippen LogP contribution in [-0.4, -0.2) is 34.3 Å². The zero-order valence-electron chi connectivity index (χ0n) is 12.9. The number of anilines is 1. The molecular weight excluding hydrogens is 314 g/mol. The monoisotopic (exact) mass is 335 g/mol. The maximum Gasteiger partial charge on any atom is 0.306 e. The number of carbonyl (C=O) groups excluding carboxylic acids is 1. The van der Waals surface area contributed by atoms with Crippen LogP contribution in [0.15, 0.2) is 17.0 Å². The van der Waals surface area contributed by atoms with Gasteiger partial charge in [-0.25, -0.2) is 4.98 Å². The molecule has 124 valence electrons. The average molecular weight is 335 g/mol. The molecule has 2 unspecified atom stereocenters. The van der Waals surface area contributed by atoms with Crippen LogP contribution in [0.4, 0.5) is 5.82 Å². The van der Waals surface area contributed by atoms with Gasteiger partial charge in [-0.1, -0.05) is 6.42 Å². The van der Waals surface area contributed by atoms with E-state index in [1.807, 2.05) is 12.1 Å². The molecular formula is C16H21N3O3S. The molecule has 6 nitrogen and oxygen atoms in total. The van der Waals surface area contributed by atoms with Crippen molar-refractivity contribution < 1.29 is 14.7 Å². The summed E-state index contributed by atoms with van der Waals surface area (Å²) in [4.78, 5) is 28.0. The number of carboxylic acids is 1. The maximum atomic E-state index is 11.4. The number of nitrogens with one attached hydrogen (secondary N) is 2. The van der Waals surface area contributed by atoms with Gasteiger partial charge in [0.1, 0.15) is 5.82 Å². The number of thioether (sulfide) groups is 1. The summed E-state index contributed by atoms with van der Waals surface area (Å²) in [5.41, 5.74) is 0.886. The highest BCUT2D eigenvalue weighted by molar-refractivity contribution is 8.00. The molecule has 1 fully saturated rings. The van der Waals surface area contributed by atoms with E-state index in [1.54, 1.807) is 0 Å². The number of carboxylic acid groups (broad SMARTS) is 1. The third kappa shape index (κ3) is 4.23. The number of nitrogens with zero attached hydrogens (tertiary/aromatic N) is 1. The molecule has 1 amide bonds. The minimum Gasteiger partial charge on any atom is -0.481 e. The molecule has 1 aliphatic carbocycles. The van der Waals surface area contributed by atoms with Crippen molar-refractivity contribution in [2.75, 3.05) is 17.6 Å². The van der Waals surface area contributed by atoms with Gasteiger partial charge in [0.05, 0.1) is 22.3 Å². The number of rotatable bonds is 5. The standard InChI is InChI=1S/C16H21N3O3S/c20-14-9-23-13-5-4-12(18-15(13)19-14)8-17-7-10-2-1-3-11(6-10)16(21)22/h4-5,10-11,17H,1-3,6-9H2,(H,21,22)(H,18,19,20). The zero-order chi connectivity index (χ0) is 16.2. The van der Waals surface area contributed by atoms with Gasteiger partial charge in [-0.3, -0.25) is 9.59 Å². The van der Waals surface area contributed by atoms with Crippen molar-refractivity contribution in [3.05, 3.63) is 17.8 Å². The van der Waals surface area contributed by atoms with Crippen molar-refractivity contribution in [1.82, 2.24) is 10.3 Å². The van der Waals surface area contributed by atoms with E-state index in [1.165, 1.54) is 11.8 Å². The Balaban J connectivity index is 1.50. The first kappa shape index (κ1) is 16.3. The first-order valence-corrected chi connectivity index (χ1v) is 8.96. The zero-order valence-corrected chi connectivity index (χ0v) is 13.7. The first-order chi connectivity index (χ1) is 11.1. The van der Waals surface area contributed by atoms with E-state index < -0.39 is 5.97 Å². The largest absolute Gasteiger partial charge is 0.481 e. The minimum absolute atomic E-state index is 0.0120. The van der Waals surface area contributed by atoms with Gasteiger partial charge >= 0.3 is 5.97 Å².